The van der Waals surface area contributed by atoms with Gasteiger partial charge in [0.05, 0.1) is 0 Å². The van der Waals surface area contributed by atoms with Gasteiger partial charge in [0.2, 0.25) is 0 Å². The number of hydrogen-bond donors (Lipinski definition) is 3. The molecule has 25 heavy (non-hydrogen) atoms. The summed E-state index contributed by atoms with van der Waals surface area (Å²) in [5.41, 5.74) is 3.04. The average molecular weight is 352 g/mol. The van der Waals surface area contributed by atoms with E-state index in [2.05, 4.69) is 0 Å². The van der Waals surface area contributed by atoms with Crippen molar-refractivity contribution in [3.8, 4) is 17.2 Å². The summed E-state index contributed by atoms with van der Waals surface area (Å²) in [5, 5.41) is 33.7. The summed E-state index contributed by atoms with van der Waals surface area (Å²) in [6, 6.07) is 16.3. The summed E-state index contributed by atoms with van der Waals surface area (Å²) in [6.07, 6.45) is 0. The zero-order chi connectivity index (χ0) is 18.1. The molecule has 0 saturated heterocycles. The van der Waals surface area contributed by atoms with Gasteiger partial charge in [-0.2, -0.15) is 0 Å². The summed E-state index contributed by atoms with van der Waals surface area (Å²) in [4.78, 5) is 0. The van der Waals surface area contributed by atoms with E-state index in [4.69, 9.17) is 0 Å². The average Bonchev–Trinajstić information content (AvgIpc) is 2.57. The third-order valence-corrected chi connectivity index (χ3v) is 6.64. The molecule has 0 bridgehead atoms. The van der Waals surface area contributed by atoms with Gasteiger partial charge in [-0.25, -0.2) is 0 Å². The Hall–Kier alpha value is -2.51. The van der Waals surface area contributed by atoms with Gasteiger partial charge in [-0.15, -0.1) is 0 Å². The minimum absolute atomic E-state index is 0.165. The van der Waals surface area contributed by atoms with Gasteiger partial charge in [0, 0.05) is 15.9 Å². The molecular formula is C21H21O3P. The zero-order valence-corrected chi connectivity index (χ0v) is 15.4. The molecule has 0 aliphatic carbocycles. The minimum Gasteiger partial charge on any atom is -0.507 e. The molecule has 0 radical (unpaired) electrons. The van der Waals surface area contributed by atoms with Gasteiger partial charge in [-0.05, 0) is 65.1 Å². The number of aryl methyl sites for hydroxylation is 3. The Balaban J connectivity index is 2.34. The smallest absolute Gasteiger partial charge is 0.123 e. The second kappa shape index (κ2) is 6.78. The highest BCUT2D eigenvalue weighted by molar-refractivity contribution is 7.80. The molecule has 0 aliphatic heterocycles. The van der Waals surface area contributed by atoms with E-state index in [0.717, 1.165) is 32.6 Å². The van der Waals surface area contributed by atoms with Gasteiger partial charge in [0.15, 0.2) is 0 Å². The molecule has 0 atom stereocenters. The molecule has 3 N–H and O–H groups in total. The molecular weight excluding hydrogens is 331 g/mol. The number of rotatable bonds is 3. The molecule has 0 aromatic heterocycles. The Bertz CT molecular complexity index is 812. The van der Waals surface area contributed by atoms with E-state index in [1.165, 1.54) is 0 Å². The fourth-order valence-corrected chi connectivity index (χ4v) is 5.51. The van der Waals surface area contributed by atoms with Crippen molar-refractivity contribution in [2.75, 3.05) is 0 Å². The van der Waals surface area contributed by atoms with E-state index in [9.17, 15) is 15.3 Å². The maximum atomic E-state index is 10.5. The van der Waals surface area contributed by atoms with Crippen LogP contribution in [0.25, 0.3) is 0 Å². The van der Waals surface area contributed by atoms with Crippen molar-refractivity contribution in [2.24, 2.45) is 0 Å². The van der Waals surface area contributed by atoms with Crippen LogP contribution < -0.4 is 15.9 Å². The van der Waals surface area contributed by atoms with Crippen LogP contribution in [-0.4, -0.2) is 15.3 Å². The largest absolute Gasteiger partial charge is 0.507 e. The molecule has 3 aromatic rings. The second-order valence-corrected chi connectivity index (χ2v) is 8.43. The van der Waals surface area contributed by atoms with Gasteiger partial charge in [-0.1, -0.05) is 34.9 Å². The summed E-state index contributed by atoms with van der Waals surface area (Å²) < 4.78 is 0. The van der Waals surface area contributed by atoms with Crippen LogP contribution in [0.15, 0.2) is 54.6 Å². The Morgan fingerprint density at radius 2 is 0.800 bits per heavy atom. The van der Waals surface area contributed by atoms with Crippen LogP contribution in [0.3, 0.4) is 0 Å². The van der Waals surface area contributed by atoms with Crippen LogP contribution in [0.1, 0.15) is 16.7 Å². The third kappa shape index (κ3) is 3.47. The fourth-order valence-electron chi connectivity index (χ4n) is 2.83. The van der Waals surface area contributed by atoms with Crippen molar-refractivity contribution < 1.29 is 15.3 Å². The number of aromatic hydroxyl groups is 3. The molecule has 0 heterocycles. The predicted octanol–water partition coefficient (Wildman–Crippen LogP) is 3.49. The van der Waals surface area contributed by atoms with E-state index in [-0.39, 0.29) is 17.2 Å². The third-order valence-electron chi connectivity index (χ3n) is 4.12. The molecule has 3 nitrogen and oxygen atoms in total. The van der Waals surface area contributed by atoms with E-state index < -0.39 is 7.92 Å². The van der Waals surface area contributed by atoms with E-state index >= 15 is 0 Å². The lowest BCUT2D eigenvalue weighted by atomic mass is 10.2. The fraction of sp³-hybridized carbons (Fsp3) is 0.143. The van der Waals surface area contributed by atoms with Crippen molar-refractivity contribution >= 4 is 23.8 Å². The molecule has 0 spiro atoms. The molecule has 0 unspecified atom stereocenters. The molecule has 4 heteroatoms. The van der Waals surface area contributed by atoms with Crippen molar-refractivity contribution in [3.63, 3.8) is 0 Å². The number of phenolic OH excluding ortho intramolecular Hbond substituents is 3. The summed E-state index contributed by atoms with van der Waals surface area (Å²) in [5.74, 6) is 0.496. The first-order valence-corrected chi connectivity index (χ1v) is 9.40. The Morgan fingerprint density at radius 3 is 1.08 bits per heavy atom. The van der Waals surface area contributed by atoms with Crippen LogP contribution in [0, 0.1) is 20.8 Å². The maximum absolute atomic E-state index is 10.5. The normalized spacial score (nSPS) is 11.0. The molecule has 0 fully saturated rings. The van der Waals surface area contributed by atoms with Crippen LogP contribution >= 0.6 is 7.92 Å². The molecule has 0 saturated carbocycles. The minimum atomic E-state index is -1.31. The van der Waals surface area contributed by atoms with Crippen molar-refractivity contribution in [2.45, 2.75) is 20.8 Å². The highest BCUT2D eigenvalue weighted by atomic mass is 31.1. The van der Waals surface area contributed by atoms with E-state index in [1.54, 1.807) is 18.2 Å². The van der Waals surface area contributed by atoms with Gasteiger partial charge < -0.3 is 15.3 Å². The van der Waals surface area contributed by atoms with Crippen LogP contribution in [0.2, 0.25) is 0 Å². The van der Waals surface area contributed by atoms with E-state index in [1.807, 2.05) is 57.2 Å². The first-order chi connectivity index (χ1) is 11.9. The summed E-state index contributed by atoms with van der Waals surface area (Å²) in [7, 11) is -1.31. The molecule has 3 aromatic carbocycles. The van der Waals surface area contributed by atoms with Crippen molar-refractivity contribution in [1.29, 1.82) is 0 Å². The quantitative estimate of drug-likeness (QED) is 0.633. The predicted molar refractivity (Wildman–Crippen MR) is 104 cm³/mol. The monoisotopic (exact) mass is 352 g/mol. The SMILES string of the molecule is Cc1ccc(O)c(P(c2cc(C)ccc2O)c2cc(C)ccc2O)c1. The summed E-state index contributed by atoms with van der Waals surface area (Å²) in [6.45, 7) is 5.88. The molecule has 0 amide bonds. The van der Waals surface area contributed by atoms with Crippen LogP contribution in [-0.2, 0) is 0 Å². The highest BCUT2D eigenvalue weighted by Gasteiger charge is 2.25. The Kier molecular flexibility index (Phi) is 4.69. The molecule has 0 aliphatic rings. The summed E-state index contributed by atoms with van der Waals surface area (Å²) >= 11 is 0. The first kappa shape index (κ1) is 17.3. The van der Waals surface area contributed by atoms with Crippen LogP contribution in [0.4, 0.5) is 0 Å². The molecule has 3 rings (SSSR count). The number of hydrogen-bond acceptors (Lipinski definition) is 3. The lowest BCUT2D eigenvalue weighted by molar-refractivity contribution is 0.478. The topological polar surface area (TPSA) is 60.7 Å². The van der Waals surface area contributed by atoms with Crippen molar-refractivity contribution in [1.82, 2.24) is 0 Å². The van der Waals surface area contributed by atoms with Gasteiger partial charge in [-0.3, -0.25) is 0 Å². The zero-order valence-electron chi connectivity index (χ0n) is 14.5. The van der Waals surface area contributed by atoms with Gasteiger partial charge in [0.25, 0.3) is 0 Å². The van der Waals surface area contributed by atoms with Gasteiger partial charge >= 0.3 is 0 Å². The number of benzene rings is 3. The lowest BCUT2D eigenvalue weighted by Gasteiger charge is -2.23. The van der Waals surface area contributed by atoms with Crippen LogP contribution in [0.5, 0.6) is 17.2 Å². The van der Waals surface area contributed by atoms with Crippen molar-refractivity contribution in [3.05, 3.63) is 71.3 Å². The first-order valence-electron chi connectivity index (χ1n) is 8.06. The lowest BCUT2D eigenvalue weighted by Crippen LogP contribution is -2.22. The second-order valence-electron chi connectivity index (χ2n) is 6.31. The Labute approximate surface area is 149 Å². The van der Waals surface area contributed by atoms with Gasteiger partial charge in [0.1, 0.15) is 17.2 Å². The highest BCUT2D eigenvalue weighted by Crippen LogP contribution is 2.42. The standard InChI is InChI=1S/C21H21O3P/c1-13-4-7-16(22)19(10-13)25(20-11-14(2)5-8-17(20)23)21-12-15(3)6-9-18(21)24/h4-12,22-24H,1-3H3. The molecule has 128 valence electrons. The Morgan fingerprint density at radius 1 is 0.520 bits per heavy atom. The number of phenols is 3. The maximum Gasteiger partial charge on any atom is 0.123 e. The van der Waals surface area contributed by atoms with E-state index in [0.29, 0.717) is 0 Å².